The highest BCUT2D eigenvalue weighted by atomic mass is 35.5. The van der Waals surface area contributed by atoms with Gasteiger partial charge in [0, 0.05) is 35.6 Å². The number of nitrogens with zero attached hydrogens (tertiary/aromatic N) is 3. The fourth-order valence-corrected chi connectivity index (χ4v) is 5.16. The summed E-state index contributed by atoms with van der Waals surface area (Å²) in [4.78, 5) is 34.7. The van der Waals surface area contributed by atoms with Gasteiger partial charge in [-0.25, -0.2) is 9.78 Å². The maximum atomic E-state index is 13.5. The van der Waals surface area contributed by atoms with Crippen LogP contribution in [0.1, 0.15) is 55.6 Å². The maximum Gasteiger partial charge on any atom is 0.410 e. The Hall–Kier alpha value is -3.16. The lowest BCUT2D eigenvalue weighted by Crippen LogP contribution is -2.40. The average Bonchev–Trinajstić information content (AvgIpc) is 3.37. The van der Waals surface area contributed by atoms with Gasteiger partial charge in [-0.1, -0.05) is 41.9 Å². The second kappa shape index (κ2) is 10.3. The summed E-state index contributed by atoms with van der Waals surface area (Å²) in [5.74, 6) is -0.0325. The number of morpholine rings is 1. The third kappa shape index (κ3) is 5.58. The molecule has 37 heavy (non-hydrogen) atoms. The second-order valence-corrected chi connectivity index (χ2v) is 11.0. The topological polar surface area (TPSA) is 72.0 Å². The lowest BCUT2D eigenvalue weighted by Gasteiger charge is -2.29. The molecule has 2 fully saturated rings. The van der Waals surface area contributed by atoms with Gasteiger partial charge in [0.15, 0.2) is 0 Å². The SMILES string of the molecule is CC(C)(C)OC(=O)N1CCCC1c1ccc(-c2cc(C(=O)N3CCOCC3)c3ccc(Cl)cc3n2)cc1. The fraction of sp³-hybridized carbons (Fsp3) is 0.414. The predicted octanol–water partition coefficient (Wildman–Crippen LogP) is 6.10. The van der Waals surface area contributed by atoms with Gasteiger partial charge >= 0.3 is 6.09 Å². The first-order valence-corrected chi connectivity index (χ1v) is 13.1. The van der Waals surface area contributed by atoms with Crippen LogP contribution in [0.5, 0.6) is 0 Å². The molecular weight excluding hydrogens is 490 g/mol. The smallest absolute Gasteiger partial charge is 0.410 e. The van der Waals surface area contributed by atoms with Gasteiger partial charge in [-0.05, 0) is 57.4 Å². The van der Waals surface area contributed by atoms with Crippen LogP contribution >= 0.6 is 11.6 Å². The molecule has 0 saturated carbocycles. The number of hydrogen-bond donors (Lipinski definition) is 0. The number of ether oxygens (including phenoxy) is 2. The molecule has 1 unspecified atom stereocenters. The van der Waals surface area contributed by atoms with E-state index in [0.29, 0.717) is 54.6 Å². The van der Waals surface area contributed by atoms with Gasteiger partial charge in [0.25, 0.3) is 5.91 Å². The minimum absolute atomic E-state index is 0.0225. The van der Waals surface area contributed by atoms with Crippen molar-refractivity contribution >= 4 is 34.5 Å². The molecule has 2 aliphatic rings. The minimum Gasteiger partial charge on any atom is -0.444 e. The van der Waals surface area contributed by atoms with Crippen molar-refractivity contribution in [3.8, 4) is 11.3 Å². The Balaban J connectivity index is 1.46. The van der Waals surface area contributed by atoms with E-state index in [1.165, 1.54) is 0 Å². The largest absolute Gasteiger partial charge is 0.444 e. The van der Waals surface area contributed by atoms with Crippen molar-refractivity contribution in [2.45, 2.75) is 45.3 Å². The van der Waals surface area contributed by atoms with Gasteiger partial charge in [0.05, 0.1) is 36.0 Å². The summed E-state index contributed by atoms with van der Waals surface area (Å²) in [6.45, 7) is 8.53. The van der Waals surface area contributed by atoms with Gasteiger partial charge in [0.1, 0.15) is 5.60 Å². The highest BCUT2D eigenvalue weighted by molar-refractivity contribution is 6.31. The monoisotopic (exact) mass is 521 g/mol. The van der Waals surface area contributed by atoms with Crippen molar-refractivity contribution in [3.05, 3.63) is 64.7 Å². The highest BCUT2D eigenvalue weighted by Gasteiger charge is 2.33. The lowest BCUT2D eigenvalue weighted by molar-refractivity contribution is 0.0224. The molecule has 2 saturated heterocycles. The Morgan fingerprint density at radius 2 is 1.76 bits per heavy atom. The Morgan fingerprint density at radius 3 is 2.46 bits per heavy atom. The number of pyridine rings is 1. The molecule has 7 nitrogen and oxygen atoms in total. The van der Waals surface area contributed by atoms with E-state index in [1.807, 2.05) is 67.0 Å². The van der Waals surface area contributed by atoms with Crippen LogP contribution in [0.25, 0.3) is 22.2 Å². The summed E-state index contributed by atoms with van der Waals surface area (Å²) in [6, 6.07) is 15.4. The zero-order valence-corrected chi connectivity index (χ0v) is 22.3. The molecule has 0 bridgehead atoms. The van der Waals surface area contributed by atoms with Crippen LogP contribution in [0, 0.1) is 0 Å². The number of aromatic nitrogens is 1. The van der Waals surface area contributed by atoms with Crippen LogP contribution in [0.4, 0.5) is 4.79 Å². The van der Waals surface area contributed by atoms with Crippen LogP contribution < -0.4 is 0 Å². The summed E-state index contributed by atoms with van der Waals surface area (Å²) >= 11 is 6.28. The van der Waals surface area contributed by atoms with E-state index in [2.05, 4.69) is 0 Å². The molecule has 0 radical (unpaired) electrons. The number of carbonyl (C=O) groups excluding carboxylic acids is 2. The van der Waals surface area contributed by atoms with Crippen LogP contribution in [0.3, 0.4) is 0 Å². The number of halogens is 1. The molecule has 194 valence electrons. The Kier molecular flexibility index (Phi) is 7.10. The molecule has 2 aromatic carbocycles. The first-order chi connectivity index (χ1) is 17.7. The molecule has 8 heteroatoms. The van der Waals surface area contributed by atoms with E-state index in [9.17, 15) is 9.59 Å². The first kappa shape index (κ1) is 25.5. The standard InChI is InChI=1S/C29H32ClN3O4/c1-29(2,3)37-28(35)33-12-4-5-26(33)20-8-6-19(7-9-20)24-18-23(27(34)32-13-15-36-16-14-32)22-11-10-21(30)17-25(22)31-24/h6-11,17-18,26H,4-5,12-16H2,1-3H3. The van der Waals surface area contributed by atoms with Crippen molar-refractivity contribution in [2.75, 3.05) is 32.8 Å². The summed E-state index contributed by atoms with van der Waals surface area (Å²) in [7, 11) is 0. The molecule has 2 aliphatic heterocycles. The average molecular weight is 522 g/mol. The number of hydrogen-bond acceptors (Lipinski definition) is 5. The third-order valence-corrected chi connectivity index (χ3v) is 7.01. The van der Waals surface area contributed by atoms with Gasteiger partial charge in [-0.3, -0.25) is 4.79 Å². The van der Waals surface area contributed by atoms with Crippen molar-refractivity contribution in [1.82, 2.24) is 14.8 Å². The summed E-state index contributed by atoms with van der Waals surface area (Å²) in [5, 5.41) is 1.35. The third-order valence-electron chi connectivity index (χ3n) is 6.77. The van der Waals surface area contributed by atoms with E-state index in [4.69, 9.17) is 26.1 Å². The number of fused-ring (bicyclic) bond motifs is 1. The molecule has 3 heterocycles. The van der Waals surface area contributed by atoms with Crippen molar-refractivity contribution < 1.29 is 19.1 Å². The number of amides is 2. The Labute approximate surface area is 222 Å². The summed E-state index contributed by atoms with van der Waals surface area (Å²) in [6.07, 6.45) is 1.55. The lowest BCUT2D eigenvalue weighted by atomic mass is 9.99. The van der Waals surface area contributed by atoms with Crippen molar-refractivity contribution in [3.63, 3.8) is 0 Å². The van der Waals surface area contributed by atoms with Gasteiger partial charge in [0.2, 0.25) is 0 Å². The highest BCUT2D eigenvalue weighted by Crippen LogP contribution is 2.35. The van der Waals surface area contributed by atoms with Gasteiger partial charge in [-0.2, -0.15) is 0 Å². The molecule has 1 aromatic heterocycles. The molecule has 0 spiro atoms. The van der Waals surface area contributed by atoms with Crippen LogP contribution in [0.15, 0.2) is 48.5 Å². The molecule has 2 amide bonds. The van der Waals surface area contributed by atoms with Gasteiger partial charge in [-0.15, -0.1) is 0 Å². The number of rotatable bonds is 3. The Morgan fingerprint density at radius 1 is 1.03 bits per heavy atom. The summed E-state index contributed by atoms with van der Waals surface area (Å²) in [5.41, 5.74) is 3.40. The Bertz CT molecular complexity index is 1310. The zero-order chi connectivity index (χ0) is 26.2. The number of benzene rings is 2. The molecular formula is C29H32ClN3O4. The van der Waals surface area contributed by atoms with Gasteiger partial charge < -0.3 is 19.3 Å². The maximum absolute atomic E-state index is 13.5. The zero-order valence-electron chi connectivity index (χ0n) is 21.5. The quantitative estimate of drug-likeness (QED) is 0.416. The van der Waals surface area contributed by atoms with E-state index in [-0.39, 0.29) is 18.0 Å². The number of likely N-dealkylation sites (tertiary alicyclic amines) is 1. The molecule has 0 aliphatic carbocycles. The summed E-state index contributed by atoms with van der Waals surface area (Å²) < 4.78 is 11.1. The van der Waals surface area contributed by atoms with Crippen LogP contribution in [-0.4, -0.2) is 65.2 Å². The van der Waals surface area contributed by atoms with Crippen molar-refractivity contribution in [1.29, 1.82) is 0 Å². The van der Waals surface area contributed by atoms with E-state index < -0.39 is 5.60 Å². The molecule has 5 rings (SSSR count). The normalized spacial score (nSPS) is 18.3. The fourth-order valence-electron chi connectivity index (χ4n) is 4.99. The minimum atomic E-state index is -0.533. The van der Waals surface area contributed by atoms with Crippen LogP contribution in [-0.2, 0) is 9.47 Å². The first-order valence-electron chi connectivity index (χ1n) is 12.8. The van der Waals surface area contributed by atoms with E-state index in [1.54, 1.807) is 12.1 Å². The van der Waals surface area contributed by atoms with E-state index >= 15 is 0 Å². The van der Waals surface area contributed by atoms with Crippen LogP contribution in [0.2, 0.25) is 5.02 Å². The predicted molar refractivity (Wildman–Crippen MR) is 144 cm³/mol. The molecule has 3 aromatic rings. The van der Waals surface area contributed by atoms with Crippen molar-refractivity contribution in [2.24, 2.45) is 0 Å². The molecule has 0 N–H and O–H groups in total. The molecule has 1 atom stereocenters. The number of carbonyl (C=O) groups is 2. The second-order valence-electron chi connectivity index (χ2n) is 10.6. The van der Waals surface area contributed by atoms with E-state index in [0.717, 1.165) is 29.4 Å².